The van der Waals surface area contributed by atoms with Gasteiger partial charge in [-0.25, -0.2) is 4.68 Å². The van der Waals surface area contributed by atoms with E-state index in [9.17, 15) is 4.79 Å². The van der Waals surface area contributed by atoms with Gasteiger partial charge in [-0.05, 0) is 42.6 Å². The van der Waals surface area contributed by atoms with E-state index in [-0.39, 0.29) is 5.91 Å². The minimum Gasteiger partial charge on any atom is -0.337 e. The number of hydrogen-bond acceptors (Lipinski definition) is 4. The van der Waals surface area contributed by atoms with E-state index < -0.39 is 0 Å². The van der Waals surface area contributed by atoms with E-state index in [0.29, 0.717) is 13.1 Å². The zero-order chi connectivity index (χ0) is 17.9. The van der Waals surface area contributed by atoms with Crippen LogP contribution < -0.4 is 0 Å². The average Bonchev–Trinajstić information content (AvgIpc) is 3.30. The Labute approximate surface area is 157 Å². The van der Waals surface area contributed by atoms with Gasteiger partial charge in [-0.1, -0.05) is 18.2 Å². The number of carbonyl (C=O) groups is 1. The summed E-state index contributed by atoms with van der Waals surface area (Å²) in [6.07, 6.45) is 4.87. The number of aromatic nitrogens is 2. The molecule has 5 nitrogen and oxygen atoms in total. The van der Waals surface area contributed by atoms with Gasteiger partial charge in [0.1, 0.15) is 0 Å². The second-order valence-corrected chi connectivity index (χ2v) is 7.74. The third kappa shape index (κ3) is 3.71. The molecule has 0 atom stereocenters. The largest absolute Gasteiger partial charge is 0.337 e. The molecule has 0 bridgehead atoms. The first-order valence-electron chi connectivity index (χ1n) is 8.79. The maximum atomic E-state index is 12.6. The van der Waals surface area contributed by atoms with Crippen LogP contribution in [0.1, 0.15) is 16.0 Å². The number of carbonyl (C=O) groups excluding carboxylic acids is 1. The fraction of sp³-hybridized carbons (Fsp3) is 0.300. The molecule has 0 saturated carbocycles. The summed E-state index contributed by atoms with van der Waals surface area (Å²) in [5, 5.41) is 6.54. The summed E-state index contributed by atoms with van der Waals surface area (Å²) in [7, 11) is 1.98. The van der Waals surface area contributed by atoms with Gasteiger partial charge in [-0.15, -0.1) is 11.3 Å². The molecule has 0 spiro atoms. The minimum atomic E-state index is 0.194. The minimum absolute atomic E-state index is 0.194. The fourth-order valence-electron chi connectivity index (χ4n) is 3.32. The van der Waals surface area contributed by atoms with Crippen molar-refractivity contribution < 1.29 is 4.79 Å². The molecule has 6 heteroatoms. The molecule has 0 radical (unpaired) electrons. The van der Waals surface area contributed by atoms with Gasteiger partial charge in [0.25, 0.3) is 0 Å². The summed E-state index contributed by atoms with van der Waals surface area (Å²) in [6.45, 7) is 2.70. The molecule has 0 aliphatic carbocycles. The van der Waals surface area contributed by atoms with E-state index in [1.807, 2.05) is 59.4 Å². The van der Waals surface area contributed by atoms with E-state index >= 15 is 0 Å². The second-order valence-electron chi connectivity index (χ2n) is 6.74. The van der Waals surface area contributed by atoms with Crippen LogP contribution >= 0.6 is 11.3 Å². The lowest BCUT2D eigenvalue weighted by Gasteiger charge is -2.28. The third-order valence-electron chi connectivity index (χ3n) is 4.67. The Morgan fingerprint density at radius 2 is 2.12 bits per heavy atom. The number of thiophene rings is 1. The van der Waals surface area contributed by atoms with Crippen LogP contribution in [0.2, 0.25) is 0 Å². The summed E-state index contributed by atoms with van der Waals surface area (Å²) >= 11 is 1.80. The monoisotopic (exact) mass is 366 g/mol. The topological polar surface area (TPSA) is 41.4 Å². The van der Waals surface area contributed by atoms with Crippen molar-refractivity contribution >= 4 is 17.2 Å². The van der Waals surface area contributed by atoms with Crippen molar-refractivity contribution in [3.8, 4) is 5.69 Å². The maximum Gasteiger partial charge on any atom is 0.237 e. The van der Waals surface area contributed by atoms with E-state index in [0.717, 1.165) is 30.8 Å². The van der Waals surface area contributed by atoms with Crippen molar-refractivity contribution in [1.29, 1.82) is 0 Å². The maximum absolute atomic E-state index is 12.6. The fourth-order valence-corrected chi connectivity index (χ4v) is 4.21. The van der Waals surface area contributed by atoms with Crippen LogP contribution in [0.3, 0.4) is 0 Å². The number of rotatable bonds is 5. The number of fused-ring (bicyclic) bond motifs is 1. The van der Waals surface area contributed by atoms with E-state index in [1.54, 1.807) is 11.3 Å². The van der Waals surface area contributed by atoms with Crippen molar-refractivity contribution in [2.45, 2.75) is 19.5 Å². The van der Waals surface area contributed by atoms with Gasteiger partial charge in [-0.2, -0.15) is 5.10 Å². The summed E-state index contributed by atoms with van der Waals surface area (Å²) in [6, 6.07) is 12.2. The van der Waals surface area contributed by atoms with Gasteiger partial charge in [0.15, 0.2) is 0 Å². The van der Waals surface area contributed by atoms with Crippen molar-refractivity contribution in [1.82, 2.24) is 19.6 Å². The quantitative estimate of drug-likeness (QED) is 0.697. The molecule has 3 aromatic rings. The first kappa shape index (κ1) is 17.0. The van der Waals surface area contributed by atoms with E-state index in [4.69, 9.17) is 0 Å². The Morgan fingerprint density at radius 3 is 2.96 bits per heavy atom. The highest BCUT2D eigenvalue weighted by Gasteiger charge is 2.22. The van der Waals surface area contributed by atoms with Gasteiger partial charge >= 0.3 is 0 Å². The van der Waals surface area contributed by atoms with E-state index in [1.165, 1.54) is 10.4 Å². The molecule has 2 aromatic heterocycles. The predicted octanol–water partition coefficient (Wildman–Crippen LogP) is 2.95. The summed E-state index contributed by atoms with van der Waals surface area (Å²) < 4.78 is 1.87. The first-order valence-corrected chi connectivity index (χ1v) is 9.67. The number of benzene rings is 1. The lowest BCUT2D eigenvalue weighted by molar-refractivity contribution is -0.133. The smallest absolute Gasteiger partial charge is 0.237 e. The van der Waals surface area contributed by atoms with Crippen LogP contribution in [0, 0.1) is 0 Å². The standard InChI is InChI=1S/C20H22N4OS/c1-22(12-16-11-21-24(13-16)18-5-3-2-4-6-18)15-20(25)23-9-7-19-17(14-23)8-10-26-19/h2-6,8,10-11,13H,7,9,12,14-15H2,1H3. The molecule has 0 unspecified atom stereocenters. The molecule has 0 N–H and O–H groups in total. The molecule has 4 rings (SSSR count). The highest BCUT2D eigenvalue weighted by molar-refractivity contribution is 7.10. The van der Waals surface area contributed by atoms with Crippen molar-refractivity contribution in [2.75, 3.05) is 20.1 Å². The molecule has 1 aliphatic rings. The average molecular weight is 366 g/mol. The number of amides is 1. The van der Waals surface area contributed by atoms with Crippen molar-refractivity contribution in [2.24, 2.45) is 0 Å². The molecule has 26 heavy (non-hydrogen) atoms. The van der Waals surface area contributed by atoms with Gasteiger partial charge in [-0.3, -0.25) is 9.69 Å². The van der Waals surface area contributed by atoms with Crippen LogP contribution in [0.25, 0.3) is 5.69 Å². The van der Waals surface area contributed by atoms with Crippen molar-refractivity contribution in [3.05, 3.63) is 70.2 Å². The zero-order valence-corrected chi connectivity index (χ0v) is 15.7. The lowest BCUT2D eigenvalue weighted by atomic mass is 10.1. The van der Waals surface area contributed by atoms with Gasteiger partial charge in [0, 0.05) is 36.3 Å². The summed E-state index contributed by atoms with van der Waals surface area (Å²) in [4.78, 5) is 18.1. The predicted molar refractivity (Wildman–Crippen MR) is 103 cm³/mol. The van der Waals surface area contributed by atoms with Crippen LogP contribution in [0.5, 0.6) is 0 Å². The first-order chi connectivity index (χ1) is 12.7. The molecule has 1 aliphatic heterocycles. The number of nitrogens with zero attached hydrogens (tertiary/aromatic N) is 4. The Balaban J connectivity index is 1.33. The van der Waals surface area contributed by atoms with Crippen LogP contribution in [0.4, 0.5) is 0 Å². The molecule has 0 fully saturated rings. The van der Waals surface area contributed by atoms with Gasteiger partial charge in [0.05, 0.1) is 18.4 Å². The van der Waals surface area contributed by atoms with Gasteiger partial charge < -0.3 is 4.90 Å². The molecule has 0 saturated heterocycles. The third-order valence-corrected chi connectivity index (χ3v) is 5.70. The number of para-hydroxylation sites is 1. The lowest BCUT2D eigenvalue weighted by Crippen LogP contribution is -2.41. The molecule has 1 amide bonds. The summed E-state index contributed by atoms with van der Waals surface area (Å²) in [5.74, 6) is 0.194. The Kier molecular flexibility index (Phi) is 4.86. The SMILES string of the molecule is CN(CC(=O)N1CCc2sccc2C1)Cc1cnn(-c2ccccc2)c1. The van der Waals surface area contributed by atoms with Crippen LogP contribution in [-0.4, -0.2) is 45.6 Å². The van der Waals surface area contributed by atoms with Crippen LogP contribution in [0.15, 0.2) is 54.2 Å². The molecular weight excluding hydrogens is 344 g/mol. The highest BCUT2D eigenvalue weighted by Crippen LogP contribution is 2.24. The molecule has 3 heterocycles. The van der Waals surface area contributed by atoms with Gasteiger partial charge in [0.2, 0.25) is 5.91 Å². The van der Waals surface area contributed by atoms with E-state index in [2.05, 4.69) is 21.4 Å². The Hall–Kier alpha value is -2.44. The molecular formula is C20H22N4OS. The normalized spacial score (nSPS) is 13.8. The van der Waals surface area contributed by atoms with Crippen LogP contribution in [-0.2, 0) is 24.3 Å². The number of likely N-dealkylation sites (N-methyl/N-ethyl adjacent to an activating group) is 1. The number of hydrogen-bond donors (Lipinski definition) is 0. The van der Waals surface area contributed by atoms with Crippen molar-refractivity contribution in [3.63, 3.8) is 0 Å². The Bertz CT molecular complexity index is 886. The zero-order valence-electron chi connectivity index (χ0n) is 14.8. The summed E-state index contributed by atoms with van der Waals surface area (Å²) in [5.41, 5.74) is 3.45. The molecule has 134 valence electrons. The highest BCUT2D eigenvalue weighted by atomic mass is 32.1. The second kappa shape index (κ2) is 7.43. The Morgan fingerprint density at radius 1 is 1.27 bits per heavy atom. The molecule has 1 aromatic carbocycles.